The van der Waals surface area contributed by atoms with E-state index in [1.807, 2.05) is 0 Å². The van der Waals surface area contributed by atoms with Gasteiger partial charge in [0, 0.05) is 25.6 Å². The summed E-state index contributed by atoms with van der Waals surface area (Å²) in [6.07, 6.45) is 37.5. The van der Waals surface area contributed by atoms with Crippen LogP contribution in [0.2, 0.25) is 0 Å². The second-order valence-corrected chi connectivity index (χ2v) is 15.7. The second kappa shape index (κ2) is 44.3. The third-order valence-electron chi connectivity index (χ3n) is 11.1. The standard InChI is InChI=1S/C37H75NO3.C9H18O2/c1-5-9-11-13-15-19-23-28-36(38(32-27-33-39)31-26-22-18-14-12-10-6-2)29-24-20-16-17-21-25-30-37(40)41-34-35(7-3)8-4;1-3-5-6-9(4-2)7-11-8-10/h35-36,39H,5-34H2,1-4H3;8-9H,3-7H2,1-2H3. The van der Waals surface area contributed by atoms with E-state index in [1.165, 1.54) is 154 Å². The lowest BCUT2D eigenvalue weighted by Gasteiger charge is -2.32. The van der Waals surface area contributed by atoms with Crippen molar-refractivity contribution in [2.45, 2.75) is 240 Å². The summed E-state index contributed by atoms with van der Waals surface area (Å²) in [6, 6.07) is 0.683. The molecule has 0 saturated carbocycles. The first-order valence-corrected chi connectivity index (χ1v) is 23.0. The van der Waals surface area contributed by atoms with Gasteiger partial charge >= 0.3 is 5.97 Å². The first kappa shape index (κ1) is 53.0. The first-order chi connectivity index (χ1) is 25.5. The summed E-state index contributed by atoms with van der Waals surface area (Å²) in [7, 11) is 0. The molecule has 0 aliphatic rings. The third kappa shape index (κ3) is 37.2. The van der Waals surface area contributed by atoms with Crippen LogP contribution < -0.4 is 0 Å². The van der Waals surface area contributed by atoms with E-state index in [0.717, 1.165) is 45.1 Å². The summed E-state index contributed by atoms with van der Waals surface area (Å²) in [5.74, 6) is 1.08. The molecule has 0 amide bonds. The summed E-state index contributed by atoms with van der Waals surface area (Å²) in [5.41, 5.74) is 0. The number of nitrogens with zero attached hydrogens (tertiary/aromatic N) is 1. The highest BCUT2D eigenvalue weighted by Gasteiger charge is 2.18. The number of hydrogen-bond donors (Lipinski definition) is 1. The Balaban J connectivity index is 0. The Morgan fingerprint density at radius 3 is 1.48 bits per heavy atom. The van der Waals surface area contributed by atoms with E-state index in [9.17, 15) is 14.7 Å². The van der Waals surface area contributed by atoms with Crippen molar-refractivity contribution in [2.24, 2.45) is 11.8 Å². The molecule has 52 heavy (non-hydrogen) atoms. The maximum Gasteiger partial charge on any atom is 0.305 e. The smallest absolute Gasteiger partial charge is 0.305 e. The number of aliphatic hydroxyl groups excluding tert-OH is 1. The van der Waals surface area contributed by atoms with Gasteiger partial charge in [0.15, 0.2) is 0 Å². The number of ether oxygens (including phenoxy) is 2. The van der Waals surface area contributed by atoms with Crippen LogP contribution in [0.4, 0.5) is 0 Å². The topological polar surface area (TPSA) is 76.1 Å². The second-order valence-electron chi connectivity index (χ2n) is 15.7. The summed E-state index contributed by atoms with van der Waals surface area (Å²) in [5, 5.41) is 9.58. The van der Waals surface area contributed by atoms with Crippen LogP contribution in [-0.4, -0.2) is 61.4 Å². The Morgan fingerprint density at radius 1 is 0.538 bits per heavy atom. The number of hydrogen-bond acceptors (Lipinski definition) is 6. The molecule has 6 nitrogen and oxygen atoms in total. The summed E-state index contributed by atoms with van der Waals surface area (Å²) in [6.45, 7) is 17.5. The van der Waals surface area contributed by atoms with Crippen LogP contribution in [0.15, 0.2) is 0 Å². The molecule has 0 aromatic carbocycles. The van der Waals surface area contributed by atoms with Crippen LogP contribution in [-0.2, 0) is 19.1 Å². The Hall–Kier alpha value is -1.14. The third-order valence-corrected chi connectivity index (χ3v) is 11.1. The average molecular weight is 740 g/mol. The molecule has 2 atom stereocenters. The molecule has 0 heterocycles. The zero-order valence-electron chi connectivity index (χ0n) is 36.1. The maximum atomic E-state index is 12.0. The number of esters is 1. The average Bonchev–Trinajstić information content (AvgIpc) is 3.16. The van der Waals surface area contributed by atoms with Crippen molar-refractivity contribution >= 4 is 12.4 Å². The van der Waals surface area contributed by atoms with Gasteiger partial charge in [-0.15, -0.1) is 0 Å². The quantitative estimate of drug-likeness (QED) is 0.0383. The molecule has 0 fully saturated rings. The fourth-order valence-electron chi connectivity index (χ4n) is 7.11. The Kier molecular flexibility index (Phi) is 45.1. The maximum absolute atomic E-state index is 12.0. The predicted octanol–water partition coefficient (Wildman–Crippen LogP) is 13.4. The Labute approximate surface area is 325 Å². The fourth-order valence-corrected chi connectivity index (χ4v) is 7.11. The number of unbranched alkanes of at least 4 members (excludes halogenated alkanes) is 18. The van der Waals surface area contributed by atoms with E-state index in [0.29, 0.717) is 50.6 Å². The van der Waals surface area contributed by atoms with Crippen molar-refractivity contribution in [2.75, 3.05) is 32.9 Å². The van der Waals surface area contributed by atoms with Gasteiger partial charge in [-0.25, -0.2) is 0 Å². The highest BCUT2D eigenvalue weighted by atomic mass is 16.5. The number of carbonyl (C=O) groups excluding carboxylic acids is 2. The molecule has 0 aromatic heterocycles. The lowest BCUT2D eigenvalue weighted by molar-refractivity contribution is -0.145. The van der Waals surface area contributed by atoms with Gasteiger partial charge in [-0.05, 0) is 56.9 Å². The lowest BCUT2D eigenvalue weighted by atomic mass is 9.98. The van der Waals surface area contributed by atoms with Crippen molar-refractivity contribution in [3.63, 3.8) is 0 Å². The monoisotopic (exact) mass is 740 g/mol. The van der Waals surface area contributed by atoms with Gasteiger partial charge in [-0.1, -0.05) is 189 Å². The van der Waals surface area contributed by atoms with Crippen molar-refractivity contribution in [3.05, 3.63) is 0 Å². The van der Waals surface area contributed by atoms with Crippen LogP contribution in [0, 0.1) is 11.8 Å². The van der Waals surface area contributed by atoms with E-state index in [4.69, 9.17) is 9.47 Å². The molecular formula is C46H93NO5. The van der Waals surface area contributed by atoms with E-state index in [2.05, 4.69) is 46.4 Å². The largest absolute Gasteiger partial charge is 0.468 e. The number of rotatable bonds is 40. The number of aliphatic hydroxyl groups is 1. The minimum absolute atomic E-state index is 0.00552. The molecular weight excluding hydrogens is 647 g/mol. The van der Waals surface area contributed by atoms with Gasteiger partial charge in [-0.3, -0.25) is 9.59 Å². The summed E-state index contributed by atoms with van der Waals surface area (Å²) in [4.78, 5) is 24.6. The molecule has 0 rings (SSSR count). The van der Waals surface area contributed by atoms with Crippen LogP contribution in [0.1, 0.15) is 234 Å². The molecule has 0 spiro atoms. The number of carbonyl (C=O) groups is 2. The van der Waals surface area contributed by atoms with Crippen molar-refractivity contribution < 1.29 is 24.2 Å². The van der Waals surface area contributed by atoms with Crippen molar-refractivity contribution in [3.8, 4) is 0 Å². The van der Waals surface area contributed by atoms with E-state index < -0.39 is 0 Å². The van der Waals surface area contributed by atoms with Gasteiger partial charge in [0.25, 0.3) is 6.47 Å². The van der Waals surface area contributed by atoms with Crippen LogP contribution in [0.5, 0.6) is 0 Å². The normalized spacial score (nSPS) is 12.5. The zero-order chi connectivity index (χ0) is 38.8. The molecule has 0 aromatic rings. The highest BCUT2D eigenvalue weighted by molar-refractivity contribution is 5.69. The molecule has 0 saturated heterocycles. The zero-order valence-corrected chi connectivity index (χ0v) is 36.1. The summed E-state index contributed by atoms with van der Waals surface area (Å²) >= 11 is 0. The fraction of sp³-hybridized carbons (Fsp3) is 0.957. The first-order valence-electron chi connectivity index (χ1n) is 23.0. The minimum atomic E-state index is -0.00552. The van der Waals surface area contributed by atoms with Crippen LogP contribution in [0.25, 0.3) is 0 Å². The Morgan fingerprint density at radius 2 is 1.00 bits per heavy atom. The minimum Gasteiger partial charge on any atom is -0.468 e. The molecule has 0 aliphatic heterocycles. The van der Waals surface area contributed by atoms with Gasteiger partial charge < -0.3 is 19.5 Å². The molecule has 0 radical (unpaired) electrons. The molecule has 1 N–H and O–H groups in total. The van der Waals surface area contributed by atoms with Crippen LogP contribution >= 0.6 is 0 Å². The van der Waals surface area contributed by atoms with Crippen LogP contribution in [0.3, 0.4) is 0 Å². The van der Waals surface area contributed by atoms with Gasteiger partial charge in [0.2, 0.25) is 0 Å². The molecule has 6 heteroatoms. The SMILES string of the molecule is CCCCC(CC)COC=O.CCCCCCCCCC(CCCCCCCCC(=O)OCC(CC)CC)N(CCCO)CCCCCCCCC. The molecule has 2 unspecified atom stereocenters. The van der Waals surface area contributed by atoms with Crippen molar-refractivity contribution in [1.82, 2.24) is 4.90 Å². The van der Waals surface area contributed by atoms with Gasteiger partial charge in [0.1, 0.15) is 0 Å². The highest BCUT2D eigenvalue weighted by Crippen LogP contribution is 2.21. The Bertz CT molecular complexity index is 700. The molecule has 0 aliphatic carbocycles. The molecule has 312 valence electrons. The van der Waals surface area contributed by atoms with Gasteiger partial charge in [0.05, 0.1) is 13.2 Å². The predicted molar refractivity (Wildman–Crippen MR) is 225 cm³/mol. The summed E-state index contributed by atoms with van der Waals surface area (Å²) < 4.78 is 10.2. The van der Waals surface area contributed by atoms with E-state index >= 15 is 0 Å². The molecule has 0 bridgehead atoms. The lowest BCUT2D eigenvalue weighted by Crippen LogP contribution is -2.37. The van der Waals surface area contributed by atoms with Crippen molar-refractivity contribution in [1.29, 1.82) is 0 Å². The van der Waals surface area contributed by atoms with E-state index in [-0.39, 0.29) is 5.97 Å². The van der Waals surface area contributed by atoms with E-state index in [1.54, 1.807) is 0 Å². The van der Waals surface area contributed by atoms with Gasteiger partial charge in [-0.2, -0.15) is 0 Å².